The minimum absolute atomic E-state index is 0.106. The summed E-state index contributed by atoms with van der Waals surface area (Å²) in [6.07, 6.45) is 5.81. The van der Waals surface area contributed by atoms with Crippen molar-refractivity contribution in [1.82, 2.24) is 14.5 Å². The maximum Gasteiger partial charge on any atom is 0.228 e. The second-order valence-electron chi connectivity index (χ2n) is 6.11. The van der Waals surface area contributed by atoms with Gasteiger partial charge in [-0.2, -0.15) is 0 Å². The molecule has 3 aromatic heterocycles. The summed E-state index contributed by atoms with van der Waals surface area (Å²) in [4.78, 5) is 19.9. The van der Waals surface area contributed by atoms with Crippen molar-refractivity contribution in [1.29, 1.82) is 0 Å². The van der Waals surface area contributed by atoms with Gasteiger partial charge in [-0.05, 0) is 35.7 Å². The lowest BCUT2D eigenvalue weighted by atomic mass is 10.2. The Bertz CT molecular complexity index is 829. The normalized spacial score (nSPS) is 17.0. The summed E-state index contributed by atoms with van der Waals surface area (Å²) >= 11 is 1.62. The zero-order valence-electron chi connectivity index (χ0n) is 13.7. The zero-order valence-corrected chi connectivity index (χ0v) is 14.6. The van der Waals surface area contributed by atoms with E-state index >= 15 is 0 Å². The summed E-state index contributed by atoms with van der Waals surface area (Å²) < 4.78 is 8.27. The van der Waals surface area contributed by atoms with Gasteiger partial charge < -0.3 is 14.2 Å². The highest BCUT2D eigenvalue weighted by Crippen LogP contribution is 2.19. The Kier molecular flexibility index (Phi) is 4.52. The molecule has 0 unspecified atom stereocenters. The van der Waals surface area contributed by atoms with Crippen molar-refractivity contribution in [2.24, 2.45) is 0 Å². The third kappa shape index (κ3) is 3.74. The highest BCUT2D eigenvalue weighted by Gasteiger charge is 2.26. The van der Waals surface area contributed by atoms with Crippen LogP contribution in [0.1, 0.15) is 10.6 Å². The van der Waals surface area contributed by atoms with E-state index in [1.54, 1.807) is 23.7 Å². The molecule has 1 atom stereocenters. The standard InChI is InChI=1S/C19H19N3O2S/c23-19(10-18-6-3-9-25-18)22-12-15-4-2-8-21(15)13-17(14-22)24-16-5-1-7-20-11-16/h1-9,11,17H,10,12-14H2/t17-/m0/s1. The van der Waals surface area contributed by atoms with E-state index in [0.717, 1.165) is 22.9 Å². The average molecular weight is 353 g/mol. The van der Waals surface area contributed by atoms with Crippen molar-refractivity contribution >= 4 is 17.2 Å². The summed E-state index contributed by atoms with van der Waals surface area (Å²) in [5.41, 5.74) is 1.14. The largest absolute Gasteiger partial charge is 0.485 e. The van der Waals surface area contributed by atoms with Gasteiger partial charge in [0.1, 0.15) is 11.9 Å². The van der Waals surface area contributed by atoms with Gasteiger partial charge in [-0.1, -0.05) is 6.07 Å². The molecule has 4 heterocycles. The van der Waals surface area contributed by atoms with E-state index in [9.17, 15) is 4.79 Å². The molecule has 0 fully saturated rings. The van der Waals surface area contributed by atoms with Gasteiger partial charge in [0.25, 0.3) is 0 Å². The quantitative estimate of drug-likeness (QED) is 0.724. The van der Waals surface area contributed by atoms with Gasteiger partial charge in [-0.15, -0.1) is 11.3 Å². The van der Waals surface area contributed by atoms with Crippen molar-refractivity contribution in [2.75, 3.05) is 6.54 Å². The SMILES string of the molecule is O=C(Cc1cccs1)N1Cc2cccn2C[C@H](Oc2cccnc2)C1. The van der Waals surface area contributed by atoms with Crippen LogP contribution < -0.4 is 4.74 Å². The number of carbonyl (C=O) groups excluding carboxylic acids is 1. The van der Waals surface area contributed by atoms with Crippen molar-refractivity contribution < 1.29 is 9.53 Å². The number of aromatic nitrogens is 2. The molecule has 1 aliphatic heterocycles. The molecular formula is C19H19N3O2S. The van der Waals surface area contributed by atoms with E-state index in [-0.39, 0.29) is 12.0 Å². The van der Waals surface area contributed by atoms with Crippen molar-refractivity contribution in [2.45, 2.75) is 25.6 Å². The lowest BCUT2D eigenvalue weighted by Crippen LogP contribution is -2.39. The van der Waals surface area contributed by atoms with Gasteiger partial charge in [0.05, 0.1) is 32.3 Å². The number of ether oxygens (including phenoxy) is 1. The zero-order chi connectivity index (χ0) is 17.1. The molecule has 0 saturated carbocycles. The smallest absolute Gasteiger partial charge is 0.228 e. The highest BCUT2D eigenvalue weighted by atomic mass is 32.1. The van der Waals surface area contributed by atoms with Crippen LogP contribution in [0.15, 0.2) is 60.4 Å². The Labute approximate surface area is 150 Å². The van der Waals surface area contributed by atoms with Gasteiger partial charge in [0.15, 0.2) is 0 Å². The maximum atomic E-state index is 12.8. The molecule has 6 heteroatoms. The van der Waals surface area contributed by atoms with Crippen LogP contribution in [-0.4, -0.2) is 33.0 Å². The molecule has 0 N–H and O–H groups in total. The van der Waals surface area contributed by atoms with Gasteiger partial charge >= 0.3 is 0 Å². The highest BCUT2D eigenvalue weighted by molar-refractivity contribution is 7.10. The maximum absolute atomic E-state index is 12.8. The monoisotopic (exact) mass is 353 g/mol. The summed E-state index contributed by atoms with van der Waals surface area (Å²) in [5.74, 6) is 0.866. The molecule has 25 heavy (non-hydrogen) atoms. The van der Waals surface area contributed by atoms with Crippen molar-refractivity contribution in [3.05, 3.63) is 70.9 Å². The molecule has 3 aromatic rings. The first-order valence-electron chi connectivity index (χ1n) is 8.29. The Hall–Kier alpha value is -2.60. The number of carbonyl (C=O) groups is 1. The Morgan fingerprint density at radius 2 is 2.20 bits per heavy atom. The van der Waals surface area contributed by atoms with E-state index < -0.39 is 0 Å². The van der Waals surface area contributed by atoms with Crippen molar-refractivity contribution in [3.63, 3.8) is 0 Å². The lowest BCUT2D eigenvalue weighted by Gasteiger charge is -2.24. The van der Waals surface area contributed by atoms with E-state index in [2.05, 4.69) is 15.6 Å². The number of fused-ring (bicyclic) bond motifs is 1. The lowest BCUT2D eigenvalue weighted by molar-refractivity contribution is -0.132. The third-order valence-corrected chi connectivity index (χ3v) is 5.17. The van der Waals surface area contributed by atoms with Gasteiger partial charge in [-0.3, -0.25) is 9.78 Å². The predicted molar refractivity (Wildman–Crippen MR) is 96.5 cm³/mol. The third-order valence-electron chi connectivity index (χ3n) is 4.30. The fourth-order valence-electron chi connectivity index (χ4n) is 3.10. The number of hydrogen-bond acceptors (Lipinski definition) is 4. The number of hydrogen-bond donors (Lipinski definition) is 0. The van der Waals surface area contributed by atoms with Crippen LogP contribution in [-0.2, 0) is 24.3 Å². The van der Waals surface area contributed by atoms with E-state index in [4.69, 9.17) is 4.74 Å². The summed E-state index contributed by atoms with van der Waals surface area (Å²) in [5, 5.41) is 2.00. The molecule has 0 aliphatic carbocycles. The van der Waals surface area contributed by atoms with Gasteiger partial charge in [0.2, 0.25) is 5.91 Å². The summed E-state index contributed by atoms with van der Waals surface area (Å²) in [7, 11) is 0. The van der Waals surface area contributed by atoms with Gasteiger partial charge in [0, 0.05) is 23.0 Å². The van der Waals surface area contributed by atoms with Crippen LogP contribution in [0.25, 0.3) is 0 Å². The summed E-state index contributed by atoms with van der Waals surface area (Å²) in [6, 6.07) is 11.8. The Morgan fingerprint density at radius 3 is 3.00 bits per heavy atom. The van der Waals surface area contributed by atoms with Crippen LogP contribution in [0.3, 0.4) is 0 Å². The van der Waals surface area contributed by atoms with Gasteiger partial charge in [-0.25, -0.2) is 0 Å². The minimum atomic E-state index is -0.106. The molecule has 5 nitrogen and oxygen atoms in total. The molecular weight excluding hydrogens is 334 g/mol. The first-order valence-corrected chi connectivity index (χ1v) is 9.17. The Balaban J connectivity index is 1.53. The molecule has 1 amide bonds. The second-order valence-corrected chi connectivity index (χ2v) is 7.14. The topological polar surface area (TPSA) is 47.4 Å². The fraction of sp³-hybridized carbons (Fsp3) is 0.263. The number of amides is 1. The average Bonchev–Trinajstić information content (AvgIpc) is 3.25. The van der Waals surface area contributed by atoms with Crippen molar-refractivity contribution in [3.8, 4) is 5.75 Å². The van der Waals surface area contributed by atoms with Crippen LogP contribution >= 0.6 is 11.3 Å². The van der Waals surface area contributed by atoms with Crippen LogP contribution in [0.2, 0.25) is 0 Å². The minimum Gasteiger partial charge on any atom is -0.485 e. The van der Waals surface area contributed by atoms with Crippen LogP contribution in [0.4, 0.5) is 0 Å². The number of pyridine rings is 1. The molecule has 0 spiro atoms. The molecule has 4 rings (SSSR count). The summed E-state index contributed by atoms with van der Waals surface area (Å²) in [6.45, 7) is 1.91. The predicted octanol–water partition coefficient (Wildman–Crippen LogP) is 2.98. The molecule has 0 aromatic carbocycles. The van der Waals surface area contributed by atoms with Crippen LogP contribution in [0.5, 0.6) is 5.75 Å². The van der Waals surface area contributed by atoms with E-state index in [1.165, 1.54) is 0 Å². The number of rotatable bonds is 4. The first-order chi connectivity index (χ1) is 12.3. The molecule has 0 bridgehead atoms. The van der Waals surface area contributed by atoms with Crippen LogP contribution in [0, 0.1) is 0 Å². The first kappa shape index (κ1) is 15.9. The number of thiophene rings is 1. The molecule has 1 aliphatic rings. The number of nitrogens with zero attached hydrogens (tertiary/aromatic N) is 3. The van der Waals surface area contributed by atoms with E-state index in [1.807, 2.05) is 46.8 Å². The molecule has 0 radical (unpaired) electrons. The fourth-order valence-corrected chi connectivity index (χ4v) is 3.80. The van der Waals surface area contributed by atoms with E-state index in [0.29, 0.717) is 19.5 Å². The molecule has 128 valence electrons. The molecule has 0 saturated heterocycles. The second kappa shape index (κ2) is 7.11. The Morgan fingerprint density at radius 1 is 1.24 bits per heavy atom.